The van der Waals surface area contributed by atoms with Crippen LogP contribution in [0.15, 0.2) is 24.0 Å². The number of esters is 2. The number of carbonyl (C=O) groups excluding carboxylic acids is 2. The van der Waals surface area contributed by atoms with Gasteiger partial charge in [-0.1, -0.05) is 0 Å². The largest absolute Gasteiger partial charge is 0.497 e. The number of aliphatic hydroxyl groups is 2. The van der Waals surface area contributed by atoms with E-state index in [4.69, 9.17) is 23.7 Å². The third-order valence-electron chi connectivity index (χ3n) is 8.62. The van der Waals surface area contributed by atoms with Gasteiger partial charge in [0.25, 0.3) is 0 Å². The van der Waals surface area contributed by atoms with Gasteiger partial charge in [-0.25, -0.2) is 4.79 Å². The molecule has 1 saturated heterocycles. The number of rotatable bonds is 9. The highest BCUT2D eigenvalue weighted by Gasteiger charge is 2.59. The lowest BCUT2D eigenvalue weighted by Gasteiger charge is -2.39. The van der Waals surface area contributed by atoms with Crippen LogP contribution in [0.3, 0.4) is 0 Å². The maximum atomic E-state index is 13.8. The Morgan fingerprint density at radius 3 is 2.56 bits per heavy atom. The first-order valence-electron chi connectivity index (χ1n) is 13.7. The zero-order valence-corrected chi connectivity index (χ0v) is 23.2. The van der Waals surface area contributed by atoms with Crippen molar-refractivity contribution in [3.63, 3.8) is 0 Å². The predicted molar refractivity (Wildman–Crippen MR) is 139 cm³/mol. The van der Waals surface area contributed by atoms with E-state index in [2.05, 4.69) is 11.0 Å². The number of ether oxygens (including phenoxy) is 5. The molecule has 2 N–H and O–H groups in total. The molecule has 1 spiro atoms. The monoisotopic (exact) mass is 545 g/mol. The Labute approximate surface area is 228 Å². The van der Waals surface area contributed by atoms with E-state index in [9.17, 15) is 19.8 Å². The van der Waals surface area contributed by atoms with E-state index in [0.29, 0.717) is 30.1 Å². The van der Waals surface area contributed by atoms with Gasteiger partial charge in [0, 0.05) is 6.54 Å². The zero-order valence-electron chi connectivity index (χ0n) is 23.2. The number of hydrogen-bond donors (Lipinski definition) is 2. The van der Waals surface area contributed by atoms with E-state index in [-0.39, 0.29) is 19.1 Å². The standard InChI is InChI=1S/C29H39NO9/c1-27(2,33)8-5-10-29(34,16-23(31)36-4)26(32)39-25-22(35-3)15-28-9-6-11-30(28)12-7-18-13-20-21(38-17-37-20)14-19(18)24(25)28/h13-15,24-25,33-34H,5-12,16-17H2,1-4H3/t24?,25-,28+,29-/m1/s1. The summed E-state index contributed by atoms with van der Waals surface area (Å²) < 4.78 is 28.1. The van der Waals surface area contributed by atoms with Crippen LogP contribution in [0, 0.1) is 0 Å². The molecular weight excluding hydrogens is 506 g/mol. The average molecular weight is 546 g/mol. The van der Waals surface area contributed by atoms with Gasteiger partial charge in [0.05, 0.1) is 37.7 Å². The molecule has 3 heterocycles. The summed E-state index contributed by atoms with van der Waals surface area (Å²) in [5.74, 6) is -0.0645. The SMILES string of the molecule is COC(=O)C[C@](O)(CCCC(C)(C)O)C(=O)O[C@@H]1C(OC)=C[C@]23CCCN2CCc2cc4c(cc2C13)OCO4. The van der Waals surface area contributed by atoms with Gasteiger partial charge < -0.3 is 33.9 Å². The third-order valence-corrected chi connectivity index (χ3v) is 8.62. The molecule has 3 aliphatic heterocycles. The van der Waals surface area contributed by atoms with Crippen LogP contribution in [0.1, 0.15) is 69.4 Å². The van der Waals surface area contributed by atoms with E-state index < -0.39 is 41.2 Å². The summed E-state index contributed by atoms with van der Waals surface area (Å²) in [7, 11) is 2.76. The van der Waals surface area contributed by atoms with Crippen molar-refractivity contribution in [3.8, 4) is 11.5 Å². The molecular formula is C29H39NO9. The summed E-state index contributed by atoms with van der Waals surface area (Å²) >= 11 is 0. The zero-order chi connectivity index (χ0) is 28.0. The van der Waals surface area contributed by atoms with E-state index in [1.54, 1.807) is 21.0 Å². The normalized spacial score (nSPS) is 27.0. The van der Waals surface area contributed by atoms with Gasteiger partial charge in [-0.3, -0.25) is 9.69 Å². The van der Waals surface area contributed by atoms with Gasteiger partial charge in [0.1, 0.15) is 5.76 Å². The first-order valence-corrected chi connectivity index (χ1v) is 13.7. The number of fused-ring (bicyclic) bond motifs is 3. The van der Waals surface area contributed by atoms with Crippen molar-refractivity contribution in [1.29, 1.82) is 0 Å². The van der Waals surface area contributed by atoms with Crippen LogP contribution in [0.25, 0.3) is 0 Å². The van der Waals surface area contributed by atoms with E-state index in [1.807, 2.05) is 12.1 Å². The summed E-state index contributed by atoms with van der Waals surface area (Å²) in [6, 6.07) is 4.00. The molecule has 214 valence electrons. The number of hydrogen-bond acceptors (Lipinski definition) is 10. The molecule has 1 aromatic carbocycles. The average Bonchev–Trinajstić information content (AvgIpc) is 3.56. The van der Waals surface area contributed by atoms with Gasteiger partial charge in [-0.05, 0) is 88.3 Å². The lowest BCUT2D eigenvalue weighted by Crippen LogP contribution is -2.49. The molecule has 10 nitrogen and oxygen atoms in total. The second-order valence-electron chi connectivity index (χ2n) is 11.7. The van der Waals surface area contributed by atoms with E-state index in [0.717, 1.165) is 43.5 Å². The van der Waals surface area contributed by atoms with Crippen LogP contribution in [-0.2, 0) is 30.2 Å². The van der Waals surface area contributed by atoms with Crippen LogP contribution in [0.2, 0.25) is 0 Å². The van der Waals surface area contributed by atoms with Crippen molar-refractivity contribution in [2.75, 3.05) is 34.1 Å². The number of carbonyl (C=O) groups is 2. The van der Waals surface area contributed by atoms with Crippen LogP contribution >= 0.6 is 0 Å². The van der Waals surface area contributed by atoms with Crippen molar-refractivity contribution in [1.82, 2.24) is 4.90 Å². The van der Waals surface area contributed by atoms with Gasteiger partial charge in [-0.15, -0.1) is 0 Å². The van der Waals surface area contributed by atoms with Crippen molar-refractivity contribution < 1.29 is 43.5 Å². The molecule has 5 rings (SSSR count). The molecule has 0 radical (unpaired) electrons. The van der Waals surface area contributed by atoms with Crippen LogP contribution < -0.4 is 9.47 Å². The lowest BCUT2D eigenvalue weighted by atomic mass is 9.77. The Morgan fingerprint density at radius 2 is 1.87 bits per heavy atom. The summed E-state index contributed by atoms with van der Waals surface area (Å²) in [5, 5.41) is 21.6. The van der Waals surface area contributed by atoms with E-state index in [1.165, 1.54) is 7.11 Å². The fourth-order valence-corrected chi connectivity index (χ4v) is 6.71. The minimum atomic E-state index is -2.12. The molecule has 0 bridgehead atoms. The Balaban J connectivity index is 1.50. The number of benzene rings is 1. The molecule has 1 fully saturated rings. The first-order chi connectivity index (χ1) is 18.5. The highest BCUT2D eigenvalue weighted by atomic mass is 16.7. The van der Waals surface area contributed by atoms with Crippen molar-refractivity contribution in [2.24, 2.45) is 0 Å². The molecule has 1 aromatic rings. The lowest BCUT2D eigenvalue weighted by molar-refractivity contribution is -0.178. The molecule has 0 amide bonds. The molecule has 4 aliphatic rings. The van der Waals surface area contributed by atoms with Crippen molar-refractivity contribution >= 4 is 11.9 Å². The van der Waals surface area contributed by atoms with Gasteiger partial charge in [0.15, 0.2) is 23.2 Å². The Kier molecular flexibility index (Phi) is 7.32. The molecule has 39 heavy (non-hydrogen) atoms. The number of nitrogens with zero attached hydrogens (tertiary/aromatic N) is 1. The first kappa shape index (κ1) is 27.7. The maximum Gasteiger partial charge on any atom is 0.339 e. The summed E-state index contributed by atoms with van der Waals surface area (Å²) in [6.45, 7) is 5.21. The van der Waals surface area contributed by atoms with Gasteiger partial charge in [0.2, 0.25) is 6.79 Å². The number of methoxy groups -OCH3 is 2. The Bertz CT molecular complexity index is 1160. The van der Waals surface area contributed by atoms with Gasteiger partial charge >= 0.3 is 11.9 Å². The second-order valence-corrected chi connectivity index (χ2v) is 11.7. The minimum Gasteiger partial charge on any atom is -0.497 e. The maximum absolute atomic E-state index is 13.8. The van der Waals surface area contributed by atoms with Crippen LogP contribution in [0.4, 0.5) is 0 Å². The third kappa shape index (κ3) is 5.10. The molecule has 1 unspecified atom stereocenters. The van der Waals surface area contributed by atoms with E-state index >= 15 is 0 Å². The molecule has 0 saturated carbocycles. The highest BCUT2D eigenvalue weighted by Crippen LogP contribution is 2.55. The van der Waals surface area contributed by atoms with Crippen molar-refractivity contribution in [3.05, 3.63) is 35.1 Å². The second kappa shape index (κ2) is 10.3. The molecule has 0 aromatic heterocycles. The summed E-state index contributed by atoms with van der Waals surface area (Å²) in [4.78, 5) is 28.4. The fourth-order valence-electron chi connectivity index (χ4n) is 6.71. The molecule has 10 heteroatoms. The topological polar surface area (TPSA) is 124 Å². The summed E-state index contributed by atoms with van der Waals surface area (Å²) in [5.41, 5.74) is -1.42. The van der Waals surface area contributed by atoms with Crippen molar-refractivity contribution in [2.45, 2.75) is 87.6 Å². The highest BCUT2D eigenvalue weighted by molar-refractivity contribution is 5.86. The predicted octanol–water partition coefficient (Wildman–Crippen LogP) is 2.58. The quantitative estimate of drug-likeness (QED) is 0.448. The summed E-state index contributed by atoms with van der Waals surface area (Å²) in [6.07, 6.45) is 3.94. The fraction of sp³-hybridized carbons (Fsp3) is 0.655. The Morgan fingerprint density at radius 1 is 1.13 bits per heavy atom. The van der Waals surface area contributed by atoms with Crippen LogP contribution in [-0.4, -0.2) is 84.0 Å². The Hall–Kier alpha value is -2.82. The van der Waals surface area contributed by atoms with Gasteiger partial charge in [-0.2, -0.15) is 0 Å². The van der Waals surface area contributed by atoms with Crippen LogP contribution in [0.5, 0.6) is 11.5 Å². The molecule has 1 aliphatic carbocycles. The minimum absolute atomic E-state index is 0.0686. The smallest absolute Gasteiger partial charge is 0.339 e. The molecule has 4 atom stereocenters.